The number of nitrogen functional groups attached to an aromatic ring is 1. The molecule has 4 rings (SSSR count). The fraction of sp³-hybridized carbons (Fsp3) is 0.222. The number of aryl methyl sites for hydroxylation is 2. The number of furan rings is 1. The van der Waals surface area contributed by atoms with Gasteiger partial charge in [0.05, 0.1) is 5.69 Å². The number of anilines is 1. The van der Waals surface area contributed by atoms with Crippen molar-refractivity contribution in [2.24, 2.45) is 0 Å². The molecule has 4 nitrogen and oxygen atoms in total. The number of pyridine rings is 1. The monoisotopic (exact) mass is 292 g/mol. The van der Waals surface area contributed by atoms with Crippen molar-refractivity contribution in [1.29, 1.82) is 0 Å². The highest BCUT2D eigenvalue weighted by molar-refractivity contribution is 6.14. The molecule has 0 saturated heterocycles. The van der Waals surface area contributed by atoms with E-state index < -0.39 is 0 Å². The summed E-state index contributed by atoms with van der Waals surface area (Å²) in [5.41, 5.74) is 10.4. The van der Waals surface area contributed by atoms with E-state index in [-0.39, 0.29) is 11.5 Å². The molecular weight excluding hydrogens is 276 g/mol. The molecule has 1 aliphatic rings. The Labute approximate surface area is 128 Å². The van der Waals surface area contributed by atoms with Gasteiger partial charge in [0.25, 0.3) is 0 Å². The summed E-state index contributed by atoms with van der Waals surface area (Å²) >= 11 is 0. The molecule has 0 saturated carbocycles. The van der Waals surface area contributed by atoms with E-state index in [9.17, 15) is 4.79 Å². The van der Waals surface area contributed by atoms with Crippen LogP contribution < -0.4 is 5.73 Å². The minimum atomic E-state index is -0.222. The lowest BCUT2D eigenvalue weighted by Crippen LogP contribution is -2.03. The summed E-state index contributed by atoms with van der Waals surface area (Å²) in [4.78, 5) is 16.5. The fourth-order valence-electron chi connectivity index (χ4n) is 3.14. The molecule has 110 valence electrons. The van der Waals surface area contributed by atoms with Crippen LogP contribution in [0, 0.1) is 0 Å². The van der Waals surface area contributed by atoms with Crippen molar-refractivity contribution in [2.45, 2.75) is 25.7 Å². The molecule has 0 fully saturated rings. The van der Waals surface area contributed by atoms with Crippen molar-refractivity contribution >= 4 is 22.4 Å². The number of aromatic nitrogens is 1. The summed E-state index contributed by atoms with van der Waals surface area (Å²) in [6, 6.07) is 7.57. The Morgan fingerprint density at radius 2 is 1.95 bits per heavy atom. The van der Waals surface area contributed by atoms with Crippen molar-refractivity contribution < 1.29 is 9.21 Å². The number of hydrogen-bond donors (Lipinski definition) is 1. The van der Waals surface area contributed by atoms with Gasteiger partial charge in [0.15, 0.2) is 5.76 Å². The predicted octanol–water partition coefficient (Wildman–Crippen LogP) is 3.52. The molecule has 1 aliphatic carbocycles. The van der Waals surface area contributed by atoms with Gasteiger partial charge in [-0.05, 0) is 61.1 Å². The van der Waals surface area contributed by atoms with Gasteiger partial charge in [-0.1, -0.05) is 0 Å². The Hall–Kier alpha value is -2.62. The minimum Gasteiger partial charge on any atom is -0.450 e. The molecular formula is C18H16N2O2. The second kappa shape index (κ2) is 4.98. The van der Waals surface area contributed by atoms with Gasteiger partial charge in [-0.15, -0.1) is 0 Å². The molecule has 0 amide bonds. The number of nitrogens with two attached hydrogens (primary N) is 1. The molecule has 2 N–H and O–H groups in total. The zero-order chi connectivity index (χ0) is 15.1. The molecule has 0 radical (unpaired) electrons. The minimum absolute atomic E-state index is 0.213. The van der Waals surface area contributed by atoms with Gasteiger partial charge in [0.2, 0.25) is 5.78 Å². The first kappa shape index (κ1) is 13.1. The lowest BCUT2D eigenvalue weighted by atomic mass is 9.90. The zero-order valence-corrected chi connectivity index (χ0v) is 12.1. The topological polar surface area (TPSA) is 69.1 Å². The zero-order valence-electron chi connectivity index (χ0n) is 12.1. The first-order chi connectivity index (χ1) is 10.7. The summed E-state index contributed by atoms with van der Waals surface area (Å²) in [6.07, 6.45) is 7.71. The van der Waals surface area contributed by atoms with Crippen LogP contribution in [0.15, 0.2) is 41.1 Å². The number of benzene rings is 1. The largest absolute Gasteiger partial charge is 0.450 e. The Balaban J connectivity index is 1.85. The summed E-state index contributed by atoms with van der Waals surface area (Å²) in [7, 11) is 0. The Bertz CT molecular complexity index is 866. The molecule has 0 unspecified atom stereocenters. The number of ketones is 1. The van der Waals surface area contributed by atoms with Gasteiger partial charge >= 0.3 is 0 Å². The van der Waals surface area contributed by atoms with Crippen LogP contribution in [0.3, 0.4) is 0 Å². The Morgan fingerprint density at radius 3 is 2.68 bits per heavy atom. The standard InChI is InChI=1S/C18H16N2O2/c19-16-14-8-11-4-1-2-5-12(11)9-15(14)22-18(16)17(21)13-6-3-7-20-10-13/h3,6-10H,1-2,4-5,19H2. The summed E-state index contributed by atoms with van der Waals surface area (Å²) in [5.74, 6) is -0.00915. The molecule has 4 heteroatoms. The van der Waals surface area contributed by atoms with Crippen molar-refractivity contribution in [2.75, 3.05) is 5.73 Å². The van der Waals surface area contributed by atoms with E-state index in [1.54, 1.807) is 18.3 Å². The first-order valence-electron chi connectivity index (χ1n) is 7.52. The van der Waals surface area contributed by atoms with E-state index in [4.69, 9.17) is 10.2 Å². The number of carbonyl (C=O) groups excluding carboxylic acids is 1. The van der Waals surface area contributed by atoms with Gasteiger partial charge in [-0.25, -0.2) is 0 Å². The maximum absolute atomic E-state index is 12.5. The normalized spacial score (nSPS) is 14.0. The number of rotatable bonds is 2. The van der Waals surface area contributed by atoms with Gasteiger partial charge < -0.3 is 10.2 Å². The highest BCUT2D eigenvalue weighted by atomic mass is 16.3. The molecule has 1 aromatic carbocycles. The van der Waals surface area contributed by atoms with E-state index in [2.05, 4.69) is 11.1 Å². The Morgan fingerprint density at radius 1 is 1.18 bits per heavy atom. The molecule has 2 heterocycles. The molecule has 0 bridgehead atoms. The second-order valence-electron chi connectivity index (χ2n) is 5.74. The predicted molar refractivity (Wildman–Crippen MR) is 84.9 cm³/mol. The van der Waals surface area contributed by atoms with Gasteiger partial charge in [-0.3, -0.25) is 9.78 Å². The quantitative estimate of drug-likeness (QED) is 0.734. The summed E-state index contributed by atoms with van der Waals surface area (Å²) in [6.45, 7) is 0. The van der Waals surface area contributed by atoms with Crippen LogP contribution in [0.1, 0.15) is 40.1 Å². The maximum atomic E-state index is 12.5. The van der Waals surface area contributed by atoms with Crippen LogP contribution >= 0.6 is 0 Å². The van der Waals surface area contributed by atoms with Gasteiger partial charge in [-0.2, -0.15) is 0 Å². The number of fused-ring (bicyclic) bond motifs is 2. The highest BCUT2D eigenvalue weighted by Crippen LogP contribution is 2.34. The van der Waals surface area contributed by atoms with E-state index >= 15 is 0 Å². The van der Waals surface area contributed by atoms with Crippen LogP contribution in [0.25, 0.3) is 11.0 Å². The first-order valence-corrected chi connectivity index (χ1v) is 7.52. The average molecular weight is 292 g/mol. The van der Waals surface area contributed by atoms with Crippen LogP contribution in [0.4, 0.5) is 5.69 Å². The van der Waals surface area contributed by atoms with Gasteiger partial charge in [0, 0.05) is 23.3 Å². The SMILES string of the molecule is Nc1c(C(=O)c2cccnc2)oc2cc3c(cc12)CCCC3. The van der Waals surface area contributed by atoms with Crippen molar-refractivity contribution in [3.63, 3.8) is 0 Å². The molecule has 0 aliphatic heterocycles. The van der Waals surface area contributed by atoms with Crippen molar-refractivity contribution in [1.82, 2.24) is 4.98 Å². The van der Waals surface area contributed by atoms with Crippen LogP contribution in [0.2, 0.25) is 0 Å². The van der Waals surface area contributed by atoms with Crippen molar-refractivity contribution in [3.05, 3.63) is 59.1 Å². The maximum Gasteiger partial charge on any atom is 0.231 e. The number of carbonyl (C=O) groups is 1. The highest BCUT2D eigenvalue weighted by Gasteiger charge is 2.22. The lowest BCUT2D eigenvalue weighted by molar-refractivity contribution is 0.101. The third-order valence-corrected chi connectivity index (χ3v) is 4.32. The third kappa shape index (κ3) is 1.99. The van der Waals surface area contributed by atoms with E-state index in [1.807, 2.05) is 6.07 Å². The van der Waals surface area contributed by atoms with Crippen LogP contribution in [0.5, 0.6) is 0 Å². The molecule has 0 spiro atoms. The summed E-state index contributed by atoms with van der Waals surface area (Å²) in [5, 5.41) is 0.841. The molecule has 2 aromatic heterocycles. The average Bonchev–Trinajstić information content (AvgIpc) is 2.89. The smallest absolute Gasteiger partial charge is 0.231 e. The summed E-state index contributed by atoms with van der Waals surface area (Å²) < 4.78 is 5.78. The Kier molecular flexibility index (Phi) is 2.96. The third-order valence-electron chi connectivity index (χ3n) is 4.32. The van der Waals surface area contributed by atoms with Crippen LogP contribution in [-0.2, 0) is 12.8 Å². The number of hydrogen-bond acceptors (Lipinski definition) is 4. The van der Waals surface area contributed by atoms with Crippen molar-refractivity contribution in [3.8, 4) is 0 Å². The molecule has 22 heavy (non-hydrogen) atoms. The number of nitrogens with zero attached hydrogens (tertiary/aromatic N) is 1. The van der Waals surface area contributed by atoms with Crippen LogP contribution in [-0.4, -0.2) is 10.8 Å². The van der Waals surface area contributed by atoms with Gasteiger partial charge in [0.1, 0.15) is 5.58 Å². The van der Waals surface area contributed by atoms with E-state index in [1.165, 1.54) is 30.2 Å². The molecule has 0 atom stereocenters. The lowest BCUT2D eigenvalue weighted by Gasteiger charge is -2.14. The fourth-order valence-corrected chi connectivity index (χ4v) is 3.14. The molecule has 3 aromatic rings. The van der Waals surface area contributed by atoms with E-state index in [0.717, 1.165) is 18.2 Å². The second-order valence-corrected chi connectivity index (χ2v) is 5.74. The van der Waals surface area contributed by atoms with E-state index in [0.29, 0.717) is 16.8 Å².